The molecular formula is C20H15Cl2N5O2. The Hall–Kier alpha value is -3.16. The van der Waals surface area contributed by atoms with Crippen LogP contribution in [-0.2, 0) is 6.54 Å². The number of nitrogens with zero attached hydrogens (tertiary/aromatic N) is 4. The normalized spacial score (nSPS) is 11.9. The minimum atomic E-state index is -0.970. The van der Waals surface area contributed by atoms with Gasteiger partial charge in [0.05, 0.1) is 30.5 Å². The molecule has 9 heteroatoms. The van der Waals surface area contributed by atoms with E-state index in [1.54, 1.807) is 49.9 Å². The lowest BCUT2D eigenvalue weighted by molar-refractivity contribution is 0.0696. The van der Waals surface area contributed by atoms with Crippen LogP contribution < -0.4 is 5.49 Å². The highest BCUT2D eigenvalue weighted by atomic mass is 35.5. The zero-order valence-electron chi connectivity index (χ0n) is 15.2. The van der Waals surface area contributed by atoms with Gasteiger partial charge in [0.25, 0.3) is 0 Å². The van der Waals surface area contributed by atoms with Crippen LogP contribution in [0.15, 0.2) is 54.0 Å². The number of imidazole rings is 1. The number of aromatic carboxylic acids is 1. The van der Waals surface area contributed by atoms with Crippen molar-refractivity contribution >= 4 is 46.0 Å². The minimum absolute atomic E-state index is 0.242. The zero-order valence-corrected chi connectivity index (χ0v) is 16.7. The van der Waals surface area contributed by atoms with E-state index in [1.807, 2.05) is 4.57 Å². The molecule has 0 amide bonds. The van der Waals surface area contributed by atoms with Crippen molar-refractivity contribution in [2.75, 3.05) is 0 Å². The Balaban J connectivity index is 1.78. The molecule has 29 heavy (non-hydrogen) atoms. The van der Waals surface area contributed by atoms with Gasteiger partial charge < -0.3 is 14.7 Å². The Labute approximate surface area is 175 Å². The molecule has 0 radical (unpaired) electrons. The smallest absolute Gasteiger partial charge is 0.335 e. The Morgan fingerprint density at radius 1 is 1.21 bits per heavy atom. The maximum Gasteiger partial charge on any atom is 0.335 e. The number of carboxylic acid groups (broad SMARTS) is 1. The van der Waals surface area contributed by atoms with E-state index in [9.17, 15) is 9.90 Å². The van der Waals surface area contributed by atoms with Crippen LogP contribution in [0.2, 0.25) is 10.0 Å². The fourth-order valence-electron chi connectivity index (χ4n) is 3.05. The van der Waals surface area contributed by atoms with Gasteiger partial charge in [0.15, 0.2) is 11.1 Å². The second-order valence-corrected chi connectivity index (χ2v) is 7.23. The summed E-state index contributed by atoms with van der Waals surface area (Å²) in [5.74, 6) is -0.970. The molecule has 0 bridgehead atoms. The Morgan fingerprint density at radius 2 is 1.97 bits per heavy atom. The first kappa shape index (κ1) is 19.2. The van der Waals surface area contributed by atoms with Crippen molar-refractivity contribution in [3.63, 3.8) is 0 Å². The SMILES string of the molecule is Cc1cc(N=c2ncn(Cc3c(Cl)cccc3Cl)c3nc[nH]c23)ccc1C(=O)O. The lowest BCUT2D eigenvalue weighted by Crippen LogP contribution is -2.15. The summed E-state index contributed by atoms with van der Waals surface area (Å²) in [7, 11) is 0. The summed E-state index contributed by atoms with van der Waals surface area (Å²) >= 11 is 12.6. The molecule has 2 aromatic carbocycles. The van der Waals surface area contributed by atoms with Gasteiger partial charge in [0.2, 0.25) is 0 Å². The van der Waals surface area contributed by atoms with Crippen LogP contribution in [0.25, 0.3) is 11.2 Å². The third-order valence-electron chi connectivity index (χ3n) is 4.50. The molecule has 4 rings (SSSR count). The standard InChI is InChI=1S/C20H15Cl2N5O2/c1-11-7-12(5-6-13(11)20(28)29)26-18-17-19(24-9-23-17)27(10-25-18)8-14-15(21)3-2-4-16(14)22/h2-7,9-10H,8H2,1H3,(H,23,24)(H,28,29). The van der Waals surface area contributed by atoms with Crippen molar-refractivity contribution in [3.8, 4) is 0 Å². The molecule has 4 aromatic rings. The molecule has 0 saturated carbocycles. The number of aryl methyl sites for hydroxylation is 1. The fourth-order valence-corrected chi connectivity index (χ4v) is 3.56. The number of aromatic amines is 1. The van der Waals surface area contributed by atoms with E-state index in [-0.39, 0.29) is 5.56 Å². The molecule has 0 spiro atoms. The minimum Gasteiger partial charge on any atom is -0.478 e. The monoisotopic (exact) mass is 427 g/mol. The summed E-state index contributed by atoms with van der Waals surface area (Å²) in [6.45, 7) is 2.13. The van der Waals surface area contributed by atoms with E-state index < -0.39 is 5.97 Å². The molecular weight excluding hydrogens is 413 g/mol. The number of aromatic nitrogens is 4. The van der Waals surface area contributed by atoms with Gasteiger partial charge in [-0.2, -0.15) is 0 Å². The summed E-state index contributed by atoms with van der Waals surface area (Å²) in [5.41, 5.74) is 3.98. The van der Waals surface area contributed by atoms with Crippen molar-refractivity contribution < 1.29 is 9.90 Å². The number of rotatable bonds is 4. The number of benzene rings is 2. The highest BCUT2D eigenvalue weighted by molar-refractivity contribution is 6.36. The second kappa shape index (κ2) is 7.69. The third-order valence-corrected chi connectivity index (χ3v) is 5.21. The van der Waals surface area contributed by atoms with Crippen molar-refractivity contribution in [3.05, 3.63) is 81.3 Å². The first-order valence-electron chi connectivity index (χ1n) is 8.64. The molecule has 146 valence electrons. The van der Waals surface area contributed by atoms with Crippen LogP contribution in [-0.4, -0.2) is 30.6 Å². The number of carboxylic acids is 1. The van der Waals surface area contributed by atoms with Crippen molar-refractivity contribution in [2.45, 2.75) is 13.5 Å². The van der Waals surface area contributed by atoms with E-state index in [1.165, 1.54) is 6.07 Å². The van der Waals surface area contributed by atoms with E-state index in [0.717, 1.165) is 5.56 Å². The molecule has 2 heterocycles. The molecule has 0 aliphatic heterocycles. The van der Waals surface area contributed by atoms with Crippen LogP contribution in [0.3, 0.4) is 0 Å². The number of hydrogen-bond acceptors (Lipinski definition) is 4. The van der Waals surface area contributed by atoms with Crippen LogP contribution in [0.1, 0.15) is 21.5 Å². The van der Waals surface area contributed by atoms with Crippen LogP contribution in [0.5, 0.6) is 0 Å². The quantitative estimate of drug-likeness (QED) is 0.505. The summed E-state index contributed by atoms with van der Waals surface area (Å²) < 4.78 is 1.83. The predicted molar refractivity (Wildman–Crippen MR) is 111 cm³/mol. The molecule has 0 unspecified atom stereocenters. The summed E-state index contributed by atoms with van der Waals surface area (Å²) in [6, 6.07) is 10.2. The van der Waals surface area contributed by atoms with Gasteiger partial charge in [-0.3, -0.25) is 0 Å². The molecule has 2 aromatic heterocycles. The topological polar surface area (TPSA) is 96.2 Å². The van der Waals surface area contributed by atoms with E-state index in [0.29, 0.717) is 44.5 Å². The van der Waals surface area contributed by atoms with Gasteiger partial charge in [0, 0.05) is 15.6 Å². The van der Waals surface area contributed by atoms with Gasteiger partial charge in [-0.25, -0.2) is 19.8 Å². The number of fused-ring (bicyclic) bond motifs is 1. The van der Waals surface area contributed by atoms with E-state index in [4.69, 9.17) is 23.2 Å². The van der Waals surface area contributed by atoms with Crippen molar-refractivity contribution in [2.24, 2.45) is 4.99 Å². The maximum absolute atomic E-state index is 11.2. The van der Waals surface area contributed by atoms with Gasteiger partial charge >= 0.3 is 5.97 Å². The maximum atomic E-state index is 11.2. The van der Waals surface area contributed by atoms with Gasteiger partial charge in [-0.1, -0.05) is 29.3 Å². The molecule has 0 aliphatic carbocycles. The van der Waals surface area contributed by atoms with Crippen molar-refractivity contribution in [1.29, 1.82) is 0 Å². The van der Waals surface area contributed by atoms with E-state index in [2.05, 4.69) is 19.9 Å². The lowest BCUT2D eigenvalue weighted by atomic mass is 10.1. The first-order chi connectivity index (χ1) is 13.9. The Kier molecular flexibility index (Phi) is 5.08. The van der Waals surface area contributed by atoms with Crippen LogP contribution in [0.4, 0.5) is 5.69 Å². The fraction of sp³-hybridized carbons (Fsp3) is 0.100. The summed E-state index contributed by atoms with van der Waals surface area (Å²) in [5, 5.41) is 10.3. The molecule has 0 saturated heterocycles. The highest BCUT2D eigenvalue weighted by Gasteiger charge is 2.11. The van der Waals surface area contributed by atoms with Crippen LogP contribution >= 0.6 is 23.2 Å². The summed E-state index contributed by atoms with van der Waals surface area (Å²) in [6.07, 6.45) is 3.19. The Bertz CT molecular complexity index is 1290. The molecule has 0 fully saturated rings. The largest absolute Gasteiger partial charge is 0.478 e. The molecule has 7 nitrogen and oxygen atoms in total. The predicted octanol–water partition coefficient (Wildman–Crippen LogP) is 4.35. The average molecular weight is 428 g/mol. The lowest BCUT2D eigenvalue weighted by Gasteiger charge is -2.10. The second-order valence-electron chi connectivity index (χ2n) is 6.41. The summed E-state index contributed by atoms with van der Waals surface area (Å²) in [4.78, 5) is 27.6. The number of hydrogen-bond donors (Lipinski definition) is 2. The molecule has 2 N–H and O–H groups in total. The molecule has 0 atom stereocenters. The molecule has 0 aliphatic rings. The third kappa shape index (κ3) is 3.74. The van der Waals surface area contributed by atoms with Gasteiger partial charge in [-0.05, 0) is 42.8 Å². The van der Waals surface area contributed by atoms with Gasteiger partial charge in [-0.15, -0.1) is 0 Å². The number of halogens is 2. The van der Waals surface area contributed by atoms with E-state index >= 15 is 0 Å². The van der Waals surface area contributed by atoms with Gasteiger partial charge in [0.1, 0.15) is 5.52 Å². The highest BCUT2D eigenvalue weighted by Crippen LogP contribution is 2.25. The van der Waals surface area contributed by atoms with Crippen molar-refractivity contribution in [1.82, 2.24) is 19.5 Å². The first-order valence-corrected chi connectivity index (χ1v) is 9.39. The number of nitrogens with one attached hydrogen (secondary N) is 1. The number of carbonyl (C=O) groups is 1. The van der Waals surface area contributed by atoms with Crippen LogP contribution in [0, 0.1) is 6.92 Å². The Morgan fingerprint density at radius 3 is 2.66 bits per heavy atom. The average Bonchev–Trinajstić information content (AvgIpc) is 3.16. The number of H-pyrrole nitrogens is 1. The zero-order chi connectivity index (χ0) is 20.5.